The molecule has 120 valence electrons. The second-order valence-corrected chi connectivity index (χ2v) is 5.79. The molecule has 21 heavy (non-hydrogen) atoms. The second-order valence-electron chi connectivity index (χ2n) is 5.79. The molecule has 0 spiro atoms. The fraction of sp³-hybridized carbons (Fsp3) is 0.867. The maximum absolute atomic E-state index is 12.0. The maximum atomic E-state index is 12.0. The van der Waals surface area contributed by atoms with Crippen molar-refractivity contribution in [2.24, 2.45) is 5.92 Å². The second kappa shape index (κ2) is 8.22. The van der Waals surface area contributed by atoms with E-state index in [1.54, 1.807) is 11.8 Å². The highest BCUT2D eigenvalue weighted by molar-refractivity contribution is 5.76. The first-order valence-electron chi connectivity index (χ1n) is 7.98. The van der Waals surface area contributed by atoms with Gasteiger partial charge in [-0.1, -0.05) is 0 Å². The van der Waals surface area contributed by atoms with Crippen LogP contribution in [0.5, 0.6) is 0 Å². The summed E-state index contributed by atoms with van der Waals surface area (Å²) in [5, 5.41) is 3.10. The van der Waals surface area contributed by atoms with E-state index in [0.29, 0.717) is 32.0 Å². The number of nitrogens with zero attached hydrogens (tertiary/aromatic N) is 1. The molecule has 2 saturated heterocycles. The number of rotatable bonds is 4. The minimum absolute atomic E-state index is 0.136. The van der Waals surface area contributed by atoms with E-state index in [9.17, 15) is 9.59 Å². The first-order valence-corrected chi connectivity index (χ1v) is 7.98. The van der Waals surface area contributed by atoms with Crippen molar-refractivity contribution < 1.29 is 19.1 Å². The highest BCUT2D eigenvalue weighted by Gasteiger charge is 2.25. The zero-order valence-electron chi connectivity index (χ0n) is 12.8. The average molecular weight is 298 g/mol. The Morgan fingerprint density at radius 1 is 1.19 bits per heavy atom. The summed E-state index contributed by atoms with van der Waals surface area (Å²) in [6.07, 6.45) is 3.92. The summed E-state index contributed by atoms with van der Waals surface area (Å²) in [5.74, 6) is 0.592. The van der Waals surface area contributed by atoms with Crippen LogP contribution in [0.3, 0.4) is 0 Å². The van der Waals surface area contributed by atoms with Crippen LogP contribution in [-0.4, -0.2) is 55.9 Å². The molecule has 0 saturated carbocycles. The molecule has 0 aromatic rings. The van der Waals surface area contributed by atoms with Crippen molar-refractivity contribution in [3.8, 4) is 0 Å². The Hall–Kier alpha value is -1.30. The van der Waals surface area contributed by atoms with Crippen molar-refractivity contribution in [3.63, 3.8) is 0 Å². The summed E-state index contributed by atoms with van der Waals surface area (Å²) in [5.41, 5.74) is 0. The summed E-state index contributed by atoms with van der Waals surface area (Å²) in [6, 6.07) is 0.183. The Morgan fingerprint density at radius 3 is 2.48 bits per heavy atom. The van der Waals surface area contributed by atoms with Crippen molar-refractivity contribution in [1.82, 2.24) is 10.2 Å². The first kappa shape index (κ1) is 16.1. The van der Waals surface area contributed by atoms with Gasteiger partial charge in [-0.25, -0.2) is 4.79 Å². The van der Waals surface area contributed by atoms with Crippen molar-refractivity contribution in [1.29, 1.82) is 0 Å². The van der Waals surface area contributed by atoms with Gasteiger partial charge in [-0.3, -0.25) is 4.79 Å². The van der Waals surface area contributed by atoms with E-state index < -0.39 is 0 Å². The molecule has 6 nitrogen and oxygen atoms in total. The summed E-state index contributed by atoms with van der Waals surface area (Å²) in [7, 11) is 0. The predicted molar refractivity (Wildman–Crippen MR) is 77.9 cm³/mol. The van der Waals surface area contributed by atoms with Gasteiger partial charge in [0.25, 0.3) is 0 Å². The van der Waals surface area contributed by atoms with Crippen LogP contribution in [0.1, 0.15) is 39.0 Å². The van der Waals surface area contributed by atoms with Crippen molar-refractivity contribution in [2.45, 2.75) is 45.1 Å². The van der Waals surface area contributed by atoms with Gasteiger partial charge in [0.1, 0.15) is 0 Å². The standard InChI is InChI=1S/C15H26N2O4/c1-2-21-15(19)17-7-3-13(4-8-17)16-14(18)11-12-5-9-20-10-6-12/h12-13H,2-11H2,1H3,(H,16,18). The summed E-state index contributed by atoms with van der Waals surface area (Å²) < 4.78 is 10.3. The number of hydrogen-bond acceptors (Lipinski definition) is 4. The van der Waals surface area contributed by atoms with E-state index in [-0.39, 0.29) is 18.0 Å². The van der Waals surface area contributed by atoms with Gasteiger partial charge in [-0.2, -0.15) is 0 Å². The number of nitrogens with one attached hydrogen (secondary N) is 1. The minimum Gasteiger partial charge on any atom is -0.450 e. The molecule has 0 bridgehead atoms. The Balaban J connectivity index is 1.65. The van der Waals surface area contributed by atoms with Crippen molar-refractivity contribution in [3.05, 3.63) is 0 Å². The minimum atomic E-state index is -0.246. The van der Waals surface area contributed by atoms with Gasteiger partial charge in [0.05, 0.1) is 6.61 Å². The molecule has 1 N–H and O–H groups in total. The largest absolute Gasteiger partial charge is 0.450 e. The smallest absolute Gasteiger partial charge is 0.409 e. The van der Waals surface area contributed by atoms with Crippen molar-refractivity contribution >= 4 is 12.0 Å². The van der Waals surface area contributed by atoms with Crippen LogP contribution in [0.2, 0.25) is 0 Å². The lowest BCUT2D eigenvalue weighted by molar-refractivity contribution is -0.123. The quantitative estimate of drug-likeness (QED) is 0.855. The lowest BCUT2D eigenvalue weighted by Gasteiger charge is -2.32. The van der Waals surface area contributed by atoms with E-state index in [0.717, 1.165) is 38.9 Å². The number of hydrogen-bond donors (Lipinski definition) is 1. The molecule has 0 radical (unpaired) electrons. The Bertz CT molecular complexity index is 348. The molecule has 6 heteroatoms. The molecular formula is C15H26N2O4. The van der Waals surface area contributed by atoms with Gasteiger partial charge in [0, 0.05) is 38.8 Å². The van der Waals surface area contributed by atoms with Crippen LogP contribution >= 0.6 is 0 Å². The van der Waals surface area contributed by atoms with E-state index in [4.69, 9.17) is 9.47 Å². The highest BCUT2D eigenvalue weighted by Crippen LogP contribution is 2.19. The van der Waals surface area contributed by atoms with E-state index in [1.807, 2.05) is 0 Å². The van der Waals surface area contributed by atoms with Crippen LogP contribution in [0, 0.1) is 5.92 Å². The molecule has 0 aromatic heterocycles. The third-order valence-electron chi connectivity index (χ3n) is 4.20. The SMILES string of the molecule is CCOC(=O)N1CCC(NC(=O)CC2CCOCC2)CC1. The van der Waals surface area contributed by atoms with Gasteiger partial charge < -0.3 is 19.7 Å². The maximum Gasteiger partial charge on any atom is 0.409 e. The fourth-order valence-electron chi connectivity index (χ4n) is 2.92. The molecule has 0 aromatic carbocycles. The number of likely N-dealkylation sites (tertiary alicyclic amines) is 1. The van der Waals surface area contributed by atoms with Crippen LogP contribution < -0.4 is 5.32 Å². The van der Waals surface area contributed by atoms with Crippen LogP contribution in [0.25, 0.3) is 0 Å². The van der Waals surface area contributed by atoms with Gasteiger partial charge in [-0.05, 0) is 38.5 Å². The highest BCUT2D eigenvalue weighted by atomic mass is 16.6. The Kier molecular flexibility index (Phi) is 6.29. The molecule has 2 rings (SSSR count). The molecule has 0 unspecified atom stereocenters. The molecule has 2 aliphatic heterocycles. The Labute approximate surface area is 126 Å². The molecular weight excluding hydrogens is 272 g/mol. The van der Waals surface area contributed by atoms with Crippen molar-refractivity contribution in [2.75, 3.05) is 32.9 Å². The monoisotopic (exact) mass is 298 g/mol. The van der Waals surface area contributed by atoms with Gasteiger partial charge in [0.15, 0.2) is 0 Å². The number of ether oxygens (including phenoxy) is 2. The van der Waals surface area contributed by atoms with Gasteiger partial charge >= 0.3 is 6.09 Å². The number of carbonyl (C=O) groups is 2. The summed E-state index contributed by atoms with van der Waals surface area (Å²) in [4.78, 5) is 25.3. The topological polar surface area (TPSA) is 67.9 Å². The third kappa shape index (κ3) is 5.19. The van der Waals surface area contributed by atoms with Gasteiger partial charge in [-0.15, -0.1) is 0 Å². The number of piperidine rings is 1. The zero-order chi connectivity index (χ0) is 15.1. The average Bonchev–Trinajstić information content (AvgIpc) is 2.49. The number of carbonyl (C=O) groups excluding carboxylic acids is 2. The molecule has 2 heterocycles. The lowest BCUT2D eigenvalue weighted by Crippen LogP contribution is -2.47. The summed E-state index contributed by atoms with van der Waals surface area (Å²) >= 11 is 0. The van der Waals surface area contributed by atoms with Crippen LogP contribution in [0.4, 0.5) is 4.79 Å². The predicted octanol–water partition coefficient (Wildman–Crippen LogP) is 1.54. The third-order valence-corrected chi connectivity index (χ3v) is 4.20. The first-order chi connectivity index (χ1) is 10.2. The molecule has 0 atom stereocenters. The fourth-order valence-corrected chi connectivity index (χ4v) is 2.92. The molecule has 2 aliphatic rings. The van der Waals surface area contributed by atoms with Gasteiger partial charge in [0.2, 0.25) is 5.91 Å². The zero-order valence-corrected chi connectivity index (χ0v) is 12.8. The van der Waals surface area contributed by atoms with E-state index in [2.05, 4.69) is 5.32 Å². The normalized spacial score (nSPS) is 21.1. The lowest BCUT2D eigenvalue weighted by atomic mass is 9.95. The van der Waals surface area contributed by atoms with E-state index in [1.165, 1.54) is 0 Å². The summed E-state index contributed by atoms with van der Waals surface area (Å²) in [6.45, 7) is 5.07. The molecule has 2 amide bonds. The van der Waals surface area contributed by atoms with E-state index >= 15 is 0 Å². The molecule has 0 aliphatic carbocycles. The number of amides is 2. The molecule has 2 fully saturated rings. The van der Waals surface area contributed by atoms with Crippen LogP contribution in [-0.2, 0) is 14.3 Å². The van der Waals surface area contributed by atoms with Crippen LogP contribution in [0.15, 0.2) is 0 Å². The Morgan fingerprint density at radius 2 is 1.86 bits per heavy atom.